The van der Waals surface area contributed by atoms with Gasteiger partial charge in [-0.1, -0.05) is 11.6 Å². The van der Waals surface area contributed by atoms with Crippen LogP contribution >= 0.6 is 11.6 Å². The van der Waals surface area contributed by atoms with Crippen molar-refractivity contribution in [3.63, 3.8) is 0 Å². The third-order valence-corrected chi connectivity index (χ3v) is 4.40. The summed E-state index contributed by atoms with van der Waals surface area (Å²) in [7, 11) is 0. The zero-order valence-electron chi connectivity index (χ0n) is 12.0. The van der Waals surface area contributed by atoms with E-state index in [9.17, 15) is 5.26 Å². The van der Waals surface area contributed by atoms with Gasteiger partial charge in [0.2, 0.25) is 0 Å². The maximum atomic E-state index is 9.49. The van der Waals surface area contributed by atoms with E-state index in [0.29, 0.717) is 6.04 Å². The van der Waals surface area contributed by atoms with Gasteiger partial charge in [-0.15, -0.1) is 0 Å². The molecule has 1 aromatic rings. The van der Waals surface area contributed by atoms with Crippen LogP contribution in [0.4, 0.5) is 0 Å². The lowest BCUT2D eigenvalue weighted by Crippen LogP contribution is -2.45. The number of nitrogens with one attached hydrogen (secondary N) is 1. The number of hydrogen-bond donors (Lipinski definition) is 1. The maximum absolute atomic E-state index is 9.49. The van der Waals surface area contributed by atoms with Crippen molar-refractivity contribution >= 4 is 11.6 Å². The van der Waals surface area contributed by atoms with E-state index in [1.165, 1.54) is 0 Å². The van der Waals surface area contributed by atoms with Crippen LogP contribution < -0.4 is 5.32 Å². The molecule has 0 bridgehead atoms. The first-order valence-electron chi connectivity index (χ1n) is 6.78. The SMILES string of the molecule is Cc1nn(C2CCC(C#N)(NC(C)C)C2)c(C)c1Cl. The molecule has 1 aliphatic rings. The number of aryl methyl sites for hydroxylation is 1. The third-order valence-electron chi connectivity index (χ3n) is 3.85. The minimum atomic E-state index is -0.419. The molecule has 5 heteroatoms. The predicted molar refractivity (Wildman–Crippen MR) is 76.2 cm³/mol. The van der Waals surface area contributed by atoms with E-state index in [2.05, 4.69) is 30.3 Å². The van der Waals surface area contributed by atoms with E-state index in [4.69, 9.17) is 11.6 Å². The van der Waals surface area contributed by atoms with Crippen molar-refractivity contribution in [2.75, 3.05) is 0 Å². The van der Waals surface area contributed by atoms with Gasteiger partial charge in [0, 0.05) is 12.5 Å². The highest BCUT2D eigenvalue weighted by atomic mass is 35.5. The van der Waals surface area contributed by atoms with E-state index in [-0.39, 0.29) is 6.04 Å². The second kappa shape index (κ2) is 5.15. The number of nitriles is 1. The molecule has 2 atom stereocenters. The molecule has 19 heavy (non-hydrogen) atoms. The maximum Gasteiger partial charge on any atom is 0.109 e. The molecule has 0 radical (unpaired) electrons. The number of nitrogens with zero attached hydrogens (tertiary/aromatic N) is 3. The lowest BCUT2D eigenvalue weighted by atomic mass is 9.98. The summed E-state index contributed by atoms with van der Waals surface area (Å²) in [5.41, 5.74) is 1.45. The number of halogens is 1. The van der Waals surface area contributed by atoms with Crippen LogP contribution in [0.15, 0.2) is 0 Å². The highest BCUT2D eigenvalue weighted by molar-refractivity contribution is 6.31. The molecule has 1 aliphatic carbocycles. The van der Waals surface area contributed by atoms with Gasteiger partial charge in [0.25, 0.3) is 0 Å². The fourth-order valence-electron chi connectivity index (χ4n) is 3.04. The van der Waals surface area contributed by atoms with E-state index >= 15 is 0 Å². The van der Waals surface area contributed by atoms with Crippen molar-refractivity contribution in [2.45, 2.75) is 64.6 Å². The summed E-state index contributed by atoms with van der Waals surface area (Å²) in [6.07, 6.45) is 2.62. The summed E-state index contributed by atoms with van der Waals surface area (Å²) in [4.78, 5) is 0. The molecule has 2 unspecified atom stereocenters. The fourth-order valence-corrected chi connectivity index (χ4v) is 3.17. The molecule has 1 fully saturated rings. The molecular weight excluding hydrogens is 260 g/mol. The van der Waals surface area contributed by atoms with Crippen molar-refractivity contribution in [2.24, 2.45) is 0 Å². The summed E-state index contributed by atoms with van der Waals surface area (Å²) in [6, 6.07) is 3.03. The van der Waals surface area contributed by atoms with Crippen LogP contribution in [-0.2, 0) is 0 Å². The summed E-state index contributed by atoms with van der Waals surface area (Å²) in [6.45, 7) is 8.06. The molecule has 1 aromatic heterocycles. The average Bonchev–Trinajstić information content (AvgIpc) is 2.87. The molecule has 0 saturated heterocycles. The number of aromatic nitrogens is 2. The summed E-state index contributed by atoms with van der Waals surface area (Å²) in [5.74, 6) is 0. The Morgan fingerprint density at radius 2 is 2.21 bits per heavy atom. The molecule has 0 aromatic carbocycles. The zero-order valence-corrected chi connectivity index (χ0v) is 12.8. The summed E-state index contributed by atoms with van der Waals surface area (Å²) >= 11 is 6.20. The Bertz CT molecular complexity index is 514. The van der Waals surface area contributed by atoms with Gasteiger partial charge in [-0.3, -0.25) is 10.00 Å². The molecule has 1 N–H and O–H groups in total. The van der Waals surface area contributed by atoms with Gasteiger partial charge in [0.15, 0.2) is 0 Å². The van der Waals surface area contributed by atoms with Gasteiger partial charge in [-0.25, -0.2) is 0 Å². The average molecular weight is 281 g/mol. The van der Waals surface area contributed by atoms with Gasteiger partial charge in [0.1, 0.15) is 5.54 Å². The van der Waals surface area contributed by atoms with Gasteiger partial charge < -0.3 is 0 Å². The van der Waals surface area contributed by atoms with Crippen molar-refractivity contribution in [3.8, 4) is 6.07 Å². The quantitative estimate of drug-likeness (QED) is 0.925. The minimum absolute atomic E-state index is 0.261. The largest absolute Gasteiger partial charge is 0.297 e. The first-order chi connectivity index (χ1) is 8.88. The predicted octanol–water partition coefficient (Wildman–Crippen LogP) is 3.14. The van der Waals surface area contributed by atoms with Crippen LogP contribution in [0.5, 0.6) is 0 Å². The number of rotatable bonds is 3. The highest BCUT2D eigenvalue weighted by Crippen LogP contribution is 2.39. The highest BCUT2D eigenvalue weighted by Gasteiger charge is 2.41. The van der Waals surface area contributed by atoms with Crippen LogP contribution in [0.25, 0.3) is 0 Å². The van der Waals surface area contributed by atoms with Gasteiger partial charge in [-0.2, -0.15) is 10.4 Å². The van der Waals surface area contributed by atoms with E-state index in [1.54, 1.807) is 0 Å². The Labute approximate surface area is 119 Å². The Kier molecular flexibility index (Phi) is 3.89. The molecule has 1 heterocycles. The van der Waals surface area contributed by atoms with Crippen LogP contribution in [0.1, 0.15) is 50.5 Å². The Balaban J connectivity index is 2.22. The second-order valence-corrected chi connectivity index (χ2v) is 6.20. The van der Waals surface area contributed by atoms with Crippen LogP contribution in [0.3, 0.4) is 0 Å². The van der Waals surface area contributed by atoms with E-state index < -0.39 is 5.54 Å². The molecule has 4 nitrogen and oxygen atoms in total. The summed E-state index contributed by atoms with van der Waals surface area (Å²) < 4.78 is 2.00. The first-order valence-corrected chi connectivity index (χ1v) is 7.16. The van der Waals surface area contributed by atoms with E-state index in [1.807, 2.05) is 18.5 Å². The molecule has 2 rings (SSSR count). The molecule has 0 aliphatic heterocycles. The van der Waals surface area contributed by atoms with Crippen LogP contribution in [0, 0.1) is 25.2 Å². The van der Waals surface area contributed by atoms with Crippen molar-refractivity contribution < 1.29 is 0 Å². The molecular formula is C14H21ClN4. The first kappa shape index (κ1) is 14.4. The molecule has 0 spiro atoms. The lowest BCUT2D eigenvalue weighted by molar-refractivity contribution is 0.359. The van der Waals surface area contributed by atoms with Crippen molar-refractivity contribution in [1.29, 1.82) is 5.26 Å². The van der Waals surface area contributed by atoms with Crippen LogP contribution in [-0.4, -0.2) is 21.4 Å². The van der Waals surface area contributed by atoms with Gasteiger partial charge >= 0.3 is 0 Å². The molecule has 104 valence electrons. The van der Waals surface area contributed by atoms with Crippen molar-refractivity contribution in [1.82, 2.24) is 15.1 Å². The molecule has 0 amide bonds. The smallest absolute Gasteiger partial charge is 0.109 e. The lowest BCUT2D eigenvalue weighted by Gasteiger charge is -2.25. The topological polar surface area (TPSA) is 53.6 Å². The Hall–Kier alpha value is -1.05. The minimum Gasteiger partial charge on any atom is -0.297 e. The second-order valence-electron chi connectivity index (χ2n) is 5.82. The summed E-state index contributed by atoms with van der Waals surface area (Å²) in [5, 5.41) is 18.2. The normalized spacial score (nSPS) is 26.9. The Morgan fingerprint density at radius 1 is 1.53 bits per heavy atom. The van der Waals surface area contributed by atoms with Crippen LogP contribution in [0.2, 0.25) is 5.02 Å². The standard InChI is InChI=1S/C14H21ClN4/c1-9(2)17-14(8-16)6-5-12(7-14)19-11(4)13(15)10(3)18-19/h9,12,17H,5-7H2,1-4H3. The fraction of sp³-hybridized carbons (Fsp3) is 0.714. The monoisotopic (exact) mass is 280 g/mol. The number of hydrogen-bond acceptors (Lipinski definition) is 3. The third kappa shape index (κ3) is 2.63. The Morgan fingerprint density at radius 3 is 2.68 bits per heavy atom. The van der Waals surface area contributed by atoms with Gasteiger partial charge in [-0.05, 0) is 40.5 Å². The zero-order chi connectivity index (χ0) is 14.2. The van der Waals surface area contributed by atoms with Gasteiger partial charge in [0.05, 0.1) is 28.5 Å². The van der Waals surface area contributed by atoms with E-state index in [0.717, 1.165) is 35.7 Å². The molecule has 1 saturated carbocycles. The van der Waals surface area contributed by atoms with Crippen molar-refractivity contribution in [3.05, 3.63) is 16.4 Å².